The predicted molar refractivity (Wildman–Crippen MR) is 31.8 cm³/mol. The molecule has 0 fully saturated rings. The molecule has 0 aromatic carbocycles. The van der Waals surface area contributed by atoms with Crippen molar-refractivity contribution in [1.29, 1.82) is 0 Å². The summed E-state index contributed by atoms with van der Waals surface area (Å²) in [5.41, 5.74) is 0. The fourth-order valence-corrected chi connectivity index (χ4v) is 0. The largest absolute Gasteiger partial charge is 0.479 e. The van der Waals surface area contributed by atoms with Crippen molar-refractivity contribution >= 4 is 29.2 Å². The number of carbonyl (C=O) groups is 1. The summed E-state index contributed by atoms with van der Waals surface area (Å²) in [6.45, 7) is 0. The van der Waals surface area contributed by atoms with Crippen LogP contribution in [0.5, 0.6) is 0 Å². The summed E-state index contributed by atoms with van der Waals surface area (Å²) in [6, 6.07) is 0. The average Bonchev–Trinajstić information content (AvgIpc) is 1.36. The molecule has 0 aromatic rings. The number of carboxylic acid groups (broad SMARTS) is 1. The van der Waals surface area contributed by atoms with Crippen LogP contribution in [0.4, 0.5) is 0 Å². The van der Waals surface area contributed by atoms with Crippen LogP contribution in [0.25, 0.3) is 0 Å². The SMILES string of the molecule is N.O.O=C(O)C(Cl)Cl. The molecule has 0 atom stereocenters. The maximum atomic E-state index is 9.44. The Balaban J connectivity index is -0.000000125. The zero-order chi connectivity index (χ0) is 5.15. The molecule has 6 heteroatoms. The van der Waals surface area contributed by atoms with E-state index in [1.54, 1.807) is 0 Å². The van der Waals surface area contributed by atoms with Gasteiger partial charge in [0.2, 0.25) is 4.84 Å². The van der Waals surface area contributed by atoms with Crippen molar-refractivity contribution in [2.75, 3.05) is 0 Å². The van der Waals surface area contributed by atoms with Gasteiger partial charge in [0, 0.05) is 0 Å². The second kappa shape index (κ2) is 6.97. The van der Waals surface area contributed by atoms with Gasteiger partial charge in [-0.05, 0) is 0 Å². The van der Waals surface area contributed by atoms with E-state index in [4.69, 9.17) is 28.3 Å². The van der Waals surface area contributed by atoms with Crippen LogP contribution in [0.2, 0.25) is 0 Å². The highest BCUT2D eigenvalue weighted by molar-refractivity contribution is 6.52. The van der Waals surface area contributed by atoms with Gasteiger partial charge in [0.05, 0.1) is 0 Å². The summed E-state index contributed by atoms with van der Waals surface area (Å²) < 4.78 is 0. The minimum Gasteiger partial charge on any atom is -0.479 e. The fraction of sp³-hybridized carbons (Fsp3) is 0.500. The molecular formula is C2H7Cl2NO3. The quantitative estimate of drug-likeness (QED) is 0.541. The van der Waals surface area contributed by atoms with Gasteiger partial charge in [-0.15, -0.1) is 0 Å². The van der Waals surface area contributed by atoms with E-state index in [9.17, 15) is 4.79 Å². The third kappa shape index (κ3) is 9.36. The van der Waals surface area contributed by atoms with Gasteiger partial charge in [-0.2, -0.15) is 0 Å². The number of carboxylic acids is 1. The molecular weight excluding hydrogens is 157 g/mol. The Morgan fingerprint density at radius 1 is 1.50 bits per heavy atom. The second-order valence-corrected chi connectivity index (χ2v) is 1.74. The number of hydrogen-bond acceptors (Lipinski definition) is 2. The Morgan fingerprint density at radius 2 is 1.62 bits per heavy atom. The molecule has 0 bridgehead atoms. The maximum Gasteiger partial charge on any atom is 0.337 e. The molecule has 4 nitrogen and oxygen atoms in total. The van der Waals surface area contributed by atoms with E-state index in [0.29, 0.717) is 0 Å². The Kier molecular flexibility index (Phi) is 13.7. The lowest BCUT2D eigenvalue weighted by Crippen LogP contribution is -2.03. The van der Waals surface area contributed by atoms with Gasteiger partial charge >= 0.3 is 5.97 Å². The van der Waals surface area contributed by atoms with Crippen molar-refractivity contribution < 1.29 is 15.4 Å². The molecule has 6 N–H and O–H groups in total. The molecule has 0 spiro atoms. The Labute approximate surface area is 56.3 Å². The first-order chi connectivity index (χ1) is 2.64. The number of rotatable bonds is 1. The molecule has 0 amide bonds. The van der Waals surface area contributed by atoms with Crippen LogP contribution in [0.15, 0.2) is 0 Å². The molecule has 0 heterocycles. The van der Waals surface area contributed by atoms with Crippen molar-refractivity contribution in [2.45, 2.75) is 4.84 Å². The number of aliphatic carboxylic acids is 1. The van der Waals surface area contributed by atoms with Crippen LogP contribution in [0, 0.1) is 0 Å². The first-order valence-corrected chi connectivity index (χ1v) is 2.03. The number of alkyl halides is 2. The average molecular weight is 164 g/mol. The summed E-state index contributed by atoms with van der Waals surface area (Å²) in [5, 5.41) is 7.73. The van der Waals surface area contributed by atoms with Crippen LogP contribution in [0.3, 0.4) is 0 Å². The normalized spacial score (nSPS) is 6.88. The van der Waals surface area contributed by atoms with Gasteiger partial charge in [-0.1, -0.05) is 23.2 Å². The molecule has 0 rings (SSSR count). The van der Waals surface area contributed by atoms with E-state index < -0.39 is 10.8 Å². The molecule has 8 heavy (non-hydrogen) atoms. The summed E-state index contributed by atoms with van der Waals surface area (Å²) in [6.07, 6.45) is 0. The van der Waals surface area contributed by atoms with Crippen LogP contribution >= 0.6 is 23.2 Å². The zero-order valence-corrected chi connectivity index (χ0v) is 5.41. The predicted octanol–water partition coefficient (Wildman–Crippen LogP) is 0.212. The van der Waals surface area contributed by atoms with Gasteiger partial charge in [0.25, 0.3) is 0 Å². The van der Waals surface area contributed by atoms with Crippen molar-refractivity contribution in [3.63, 3.8) is 0 Å². The second-order valence-electron chi connectivity index (χ2n) is 0.639. The molecule has 0 unspecified atom stereocenters. The lowest BCUT2D eigenvalue weighted by atomic mass is 10.8. The monoisotopic (exact) mass is 163 g/mol. The van der Waals surface area contributed by atoms with Crippen molar-refractivity contribution in [1.82, 2.24) is 6.15 Å². The van der Waals surface area contributed by atoms with E-state index in [1.807, 2.05) is 0 Å². The highest BCUT2D eigenvalue weighted by Crippen LogP contribution is 1.98. The molecule has 0 radical (unpaired) electrons. The first-order valence-electron chi connectivity index (χ1n) is 1.15. The Hall–Kier alpha value is -0.0300. The van der Waals surface area contributed by atoms with Crippen LogP contribution in [-0.4, -0.2) is 21.4 Å². The summed E-state index contributed by atoms with van der Waals surface area (Å²) in [7, 11) is 0. The summed E-state index contributed by atoms with van der Waals surface area (Å²) in [4.78, 5) is 8.15. The minimum atomic E-state index is -1.29. The maximum absolute atomic E-state index is 9.44. The topological polar surface area (TPSA) is 104 Å². The van der Waals surface area contributed by atoms with Crippen LogP contribution in [-0.2, 0) is 4.79 Å². The molecule has 52 valence electrons. The van der Waals surface area contributed by atoms with Gasteiger partial charge in [-0.3, -0.25) is 0 Å². The lowest BCUT2D eigenvalue weighted by Gasteiger charge is -1.84. The molecule has 0 aliphatic carbocycles. The Morgan fingerprint density at radius 3 is 1.62 bits per heavy atom. The standard InChI is InChI=1S/C2H2Cl2O2.H3N.H2O/c3-1(4)2(5)6;;/h1H,(H,5,6);1H3;1H2. The van der Waals surface area contributed by atoms with E-state index >= 15 is 0 Å². The van der Waals surface area contributed by atoms with Gasteiger partial charge < -0.3 is 16.7 Å². The van der Waals surface area contributed by atoms with E-state index in [-0.39, 0.29) is 11.6 Å². The fourth-order valence-electron chi connectivity index (χ4n) is 0. The van der Waals surface area contributed by atoms with Crippen LogP contribution in [0.1, 0.15) is 0 Å². The minimum absolute atomic E-state index is 0. The molecule has 0 aromatic heterocycles. The molecule has 0 aliphatic rings. The van der Waals surface area contributed by atoms with E-state index in [2.05, 4.69) is 0 Å². The third-order valence-electron chi connectivity index (χ3n) is 0.187. The van der Waals surface area contributed by atoms with E-state index in [0.717, 1.165) is 0 Å². The molecule has 0 saturated heterocycles. The molecule has 0 saturated carbocycles. The number of halogens is 2. The van der Waals surface area contributed by atoms with Gasteiger partial charge in [0.15, 0.2) is 0 Å². The van der Waals surface area contributed by atoms with Crippen molar-refractivity contribution in [3.8, 4) is 0 Å². The molecule has 0 aliphatic heterocycles. The number of hydrogen-bond donors (Lipinski definition) is 2. The smallest absolute Gasteiger partial charge is 0.337 e. The highest BCUT2D eigenvalue weighted by atomic mass is 35.5. The van der Waals surface area contributed by atoms with Crippen LogP contribution < -0.4 is 6.15 Å². The summed E-state index contributed by atoms with van der Waals surface area (Å²) >= 11 is 9.56. The Bertz CT molecular complexity index is 66.3. The van der Waals surface area contributed by atoms with Gasteiger partial charge in [-0.25, -0.2) is 4.79 Å². The van der Waals surface area contributed by atoms with Crippen molar-refractivity contribution in [2.24, 2.45) is 0 Å². The first kappa shape index (κ1) is 15.7. The van der Waals surface area contributed by atoms with Crippen molar-refractivity contribution in [3.05, 3.63) is 0 Å². The highest BCUT2D eigenvalue weighted by Gasteiger charge is 2.05. The third-order valence-corrected chi connectivity index (χ3v) is 0.560. The summed E-state index contributed by atoms with van der Waals surface area (Å²) in [5.74, 6) is -1.21. The van der Waals surface area contributed by atoms with E-state index in [1.165, 1.54) is 0 Å². The zero-order valence-electron chi connectivity index (χ0n) is 3.90. The van der Waals surface area contributed by atoms with Gasteiger partial charge in [0.1, 0.15) is 0 Å². The lowest BCUT2D eigenvalue weighted by molar-refractivity contribution is -0.135.